The van der Waals surface area contributed by atoms with Crippen LogP contribution in [-0.4, -0.2) is 32.9 Å². The summed E-state index contributed by atoms with van der Waals surface area (Å²) in [5.74, 6) is 0.700. The fourth-order valence-electron chi connectivity index (χ4n) is 3.31. The third kappa shape index (κ3) is 4.15. The molecule has 1 heterocycles. The number of hydrogen-bond acceptors (Lipinski definition) is 2. The standard InChI is InChI=1S/C19H26N4S/c1-15-8-6-7-11-18(15)21-19(24)22(2)13-16-12-20-23(14-16)17-9-4-3-5-10-17/h3-5,9-10,12,14-15,18H,6-8,11,13H2,1-2H3,(H,21,24)/t15-,18+/m1/s1. The molecule has 1 aromatic carbocycles. The van der Waals surface area contributed by atoms with E-state index >= 15 is 0 Å². The second-order valence-corrected chi connectivity index (χ2v) is 7.19. The summed E-state index contributed by atoms with van der Waals surface area (Å²) in [4.78, 5) is 2.10. The number of rotatable bonds is 4. The van der Waals surface area contributed by atoms with Crippen molar-refractivity contribution < 1.29 is 0 Å². The van der Waals surface area contributed by atoms with Crippen molar-refractivity contribution in [3.8, 4) is 5.69 Å². The zero-order chi connectivity index (χ0) is 16.9. The Balaban J connectivity index is 1.57. The zero-order valence-corrected chi connectivity index (χ0v) is 15.3. The minimum Gasteiger partial charge on any atom is -0.360 e. The number of nitrogens with one attached hydrogen (secondary N) is 1. The van der Waals surface area contributed by atoms with Gasteiger partial charge in [-0.1, -0.05) is 38.0 Å². The van der Waals surface area contributed by atoms with Crippen LogP contribution in [0.5, 0.6) is 0 Å². The van der Waals surface area contributed by atoms with Crippen molar-refractivity contribution in [2.75, 3.05) is 7.05 Å². The molecule has 0 aliphatic heterocycles. The van der Waals surface area contributed by atoms with Crippen molar-refractivity contribution in [2.24, 2.45) is 5.92 Å². The molecule has 2 atom stereocenters. The topological polar surface area (TPSA) is 33.1 Å². The lowest BCUT2D eigenvalue weighted by molar-refractivity contribution is 0.300. The van der Waals surface area contributed by atoms with E-state index in [1.165, 1.54) is 25.7 Å². The molecule has 0 spiro atoms. The molecule has 3 rings (SSSR count). The van der Waals surface area contributed by atoms with Crippen LogP contribution in [0.15, 0.2) is 42.7 Å². The Kier molecular flexibility index (Phi) is 5.51. The number of benzene rings is 1. The van der Waals surface area contributed by atoms with E-state index in [1.54, 1.807) is 0 Å². The van der Waals surface area contributed by atoms with Crippen LogP contribution < -0.4 is 5.32 Å². The molecule has 0 unspecified atom stereocenters. The second-order valence-electron chi connectivity index (χ2n) is 6.80. The Labute approximate surface area is 149 Å². The second kappa shape index (κ2) is 7.79. The molecule has 1 fully saturated rings. The molecule has 4 nitrogen and oxygen atoms in total. The molecule has 0 amide bonds. The first-order chi connectivity index (χ1) is 11.6. The Morgan fingerprint density at radius 2 is 2.04 bits per heavy atom. The highest BCUT2D eigenvalue weighted by Gasteiger charge is 2.22. The summed E-state index contributed by atoms with van der Waals surface area (Å²) in [6.07, 6.45) is 9.15. The number of para-hydroxylation sites is 1. The van der Waals surface area contributed by atoms with E-state index < -0.39 is 0 Å². The summed E-state index contributed by atoms with van der Waals surface area (Å²) in [5, 5.41) is 8.84. The van der Waals surface area contributed by atoms with Crippen LogP contribution in [-0.2, 0) is 6.54 Å². The molecular weight excluding hydrogens is 316 g/mol. The van der Waals surface area contributed by atoms with E-state index in [4.69, 9.17) is 12.2 Å². The monoisotopic (exact) mass is 342 g/mol. The highest BCUT2D eigenvalue weighted by Crippen LogP contribution is 2.23. The van der Waals surface area contributed by atoms with Crippen LogP contribution in [0.3, 0.4) is 0 Å². The Hall–Kier alpha value is -1.88. The van der Waals surface area contributed by atoms with Crippen molar-refractivity contribution in [1.82, 2.24) is 20.0 Å². The quantitative estimate of drug-likeness (QED) is 0.858. The van der Waals surface area contributed by atoms with Gasteiger partial charge in [0.1, 0.15) is 0 Å². The molecule has 0 bridgehead atoms. The summed E-state index contributed by atoms with van der Waals surface area (Å²) in [5.41, 5.74) is 2.23. The van der Waals surface area contributed by atoms with E-state index in [1.807, 2.05) is 36.1 Å². The van der Waals surface area contributed by atoms with Gasteiger partial charge < -0.3 is 10.2 Å². The number of aromatic nitrogens is 2. The molecule has 128 valence electrons. The van der Waals surface area contributed by atoms with Gasteiger partial charge in [-0.15, -0.1) is 0 Å². The summed E-state index contributed by atoms with van der Waals surface area (Å²) < 4.78 is 1.91. The van der Waals surface area contributed by atoms with Crippen LogP contribution in [0, 0.1) is 5.92 Å². The predicted molar refractivity (Wildman–Crippen MR) is 102 cm³/mol. The zero-order valence-electron chi connectivity index (χ0n) is 14.5. The van der Waals surface area contributed by atoms with Crippen molar-refractivity contribution >= 4 is 17.3 Å². The van der Waals surface area contributed by atoms with Gasteiger partial charge in [-0.2, -0.15) is 5.10 Å². The van der Waals surface area contributed by atoms with Crippen molar-refractivity contribution in [3.05, 3.63) is 48.3 Å². The van der Waals surface area contributed by atoms with Gasteiger partial charge in [0.2, 0.25) is 0 Å². The van der Waals surface area contributed by atoms with E-state index in [2.05, 4.69) is 40.6 Å². The van der Waals surface area contributed by atoms with Crippen molar-refractivity contribution in [3.63, 3.8) is 0 Å². The van der Waals surface area contributed by atoms with E-state index in [9.17, 15) is 0 Å². The molecule has 1 aliphatic rings. The fourth-order valence-corrected chi connectivity index (χ4v) is 3.52. The molecule has 2 aromatic rings. The predicted octanol–water partition coefficient (Wildman–Crippen LogP) is 3.76. The van der Waals surface area contributed by atoms with Crippen LogP contribution in [0.2, 0.25) is 0 Å². The van der Waals surface area contributed by atoms with Crippen LogP contribution in [0.25, 0.3) is 5.69 Å². The van der Waals surface area contributed by atoms with Gasteiger partial charge in [0.25, 0.3) is 0 Å². The molecular formula is C19H26N4S. The highest BCUT2D eigenvalue weighted by atomic mass is 32.1. The molecule has 1 aromatic heterocycles. The first-order valence-electron chi connectivity index (χ1n) is 8.74. The van der Waals surface area contributed by atoms with Crippen LogP contribution >= 0.6 is 12.2 Å². The van der Waals surface area contributed by atoms with Gasteiger partial charge in [0, 0.05) is 31.4 Å². The average Bonchev–Trinajstić information content (AvgIpc) is 3.06. The summed E-state index contributed by atoms with van der Waals surface area (Å²) >= 11 is 5.60. The summed E-state index contributed by atoms with van der Waals surface area (Å²) in [7, 11) is 2.04. The minimum absolute atomic E-state index is 0.515. The Morgan fingerprint density at radius 3 is 2.79 bits per heavy atom. The highest BCUT2D eigenvalue weighted by molar-refractivity contribution is 7.80. The molecule has 1 N–H and O–H groups in total. The Morgan fingerprint density at radius 1 is 1.29 bits per heavy atom. The van der Waals surface area contributed by atoms with Crippen LogP contribution in [0.1, 0.15) is 38.2 Å². The van der Waals surface area contributed by atoms with Crippen molar-refractivity contribution in [1.29, 1.82) is 0 Å². The van der Waals surface area contributed by atoms with E-state index in [-0.39, 0.29) is 0 Å². The first kappa shape index (κ1) is 17.0. The Bertz CT molecular complexity index is 667. The van der Waals surface area contributed by atoms with Crippen LogP contribution in [0.4, 0.5) is 0 Å². The number of thiocarbonyl (C=S) groups is 1. The lowest BCUT2D eigenvalue weighted by Gasteiger charge is -2.32. The van der Waals surface area contributed by atoms with Crippen molar-refractivity contribution in [2.45, 2.75) is 45.2 Å². The normalized spacial score (nSPS) is 20.6. The maximum atomic E-state index is 5.60. The third-order valence-electron chi connectivity index (χ3n) is 4.84. The molecule has 1 saturated carbocycles. The van der Waals surface area contributed by atoms with E-state index in [0.717, 1.165) is 22.9 Å². The van der Waals surface area contributed by atoms with Gasteiger partial charge >= 0.3 is 0 Å². The average molecular weight is 343 g/mol. The summed E-state index contributed by atoms with van der Waals surface area (Å²) in [6.45, 7) is 3.09. The van der Waals surface area contributed by atoms with Gasteiger partial charge in [-0.05, 0) is 43.1 Å². The molecule has 0 saturated heterocycles. The summed E-state index contributed by atoms with van der Waals surface area (Å²) in [6, 6.07) is 10.7. The largest absolute Gasteiger partial charge is 0.360 e. The molecule has 24 heavy (non-hydrogen) atoms. The van der Waals surface area contributed by atoms with Gasteiger partial charge in [0.05, 0.1) is 11.9 Å². The molecule has 1 aliphatic carbocycles. The third-order valence-corrected chi connectivity index (χ3v) is 5.27. The lowest BCUT2D eigenvalue weighted by atomic mass is 9.86. The van der Waals surface area contributed by atoms with Gasteiger partial charge in [-0.3, -0.25) is 0 Å². The smallest absolute Gasteiger partial charge is 0.169 e. The maximum absolute atomic E-state index is 5.60. The number of hydrogen-bond donors (Lipinski definition) is 1. The number of nitrogens with zero attached hydrogens (tertiary/aromatic N) is 3. The lowest BCUT2D eigenvalue weighted by Crippen LogP contribution is -2.46. The first-order valence-corrected chi connectivity index (χ1v) is 9.15. The maximum Gasteiger partial charge on any atom is 0.169 e. The molecule has 5 heteroatoms. The minimum atomic E-state index is 0.515. The van der Waals surface area contributed by atoms with E-state index in [0.29, 0.717) is 12.0 Å². The SMILES string of the molecule is C[C@@H]1CCCC[C@@H]1NC(=S)N(C)Cc1cnn(-c2ccccc2)c1. The fraction of sp³-hybridized carbons (Fsp3) is 0.474. The van der Waals surface area contributed by atoms with Gasteiger partial charge in [-0.25, -0.2) is 4.68 Å². The molecule has 0 radical (unpaired) electrons. The van der Waals surface area contributed by atoms with Gasteiger partial charge in [0.15, 0.2) is 5.11 Å².